The van der Waals surface area contributed by atoms with Crippen molar-refractivity contribution in [2.45, 2.75) is 11.3 Å². The first kappa shape index (κ1) is 13.1. The standard InChI is InChI=1S/C12H12ClNO3S/c1-2-6-14-7-5-9-3-4-10(18(13,16)17)8-11(9)12(14)15/h2-4,8H,1,5-7H2. The average molecular weight is 286 g/mol. The topological polar surface area (TPSA) is 54.5 Å². The van der Waals surface area contributed by atoms with E-state index < -0.39 is 9.05 Å². The Labute approximate surface area is 110 Å². The second kappa shape index (κ2) is 4.74. The number of amides is 1. The number of nitrogens with zero attached hydrogens (tertiary/aromatic N) is 1. The highest BCUT2D eigenvalue weighted by Crippen LogP contribution is 2.24. The van der Waals surface area contributed by atoms with E-state index in [0.29, 0.717) is 25.1 Å². The summed E-state index contributed by atoms with van der Waals surface area (Å²) in [6.07, 6.45) is 2.35. The molecule has 1 aliphatic heterocycles. The Hall–Kier alpha value is -1.33. The average Bonchev–Trinajstić information content (AvgIpc) is 2.31. The number of hydrogen-bond donors (Lipinski definition) is 0. The molecule has 0 atom stereocenters. The first-order valence-corrected chi connectivity index (χ1v) is 7.72. The van der Waals surface area contributed by atoms with Crippen molar-refractivity contribution in [1.82, 2.24) is 4.90 Å². The van der Waals surface area contributed by atoms with E-state index in [1.165, 1.54) is 12.1 Å². The molecule has 1 aromatic carbocycles. The van der Waals surface area contributed by atoms with Crippen LogP contribution in [0.5, 0.6) is 0 Å². The van der Waals surface area contributed by atoms with Gasteiger partial charge in [0, 0.05) is 29.3 Å². The Morgan fingerprint density at radius 2 is 2.17 bits per heavy atom. The summed E-state index contributed by atoms with van der Waals surface area (Å²) in [5.74, 6) is -0.182. The van der Waals surface area contributed by atoms with Crippen molar-refractivity contribution >= 4 is 25.6 Å². The van der Waals surface area contributed by atoms with Gasteiger partial charge in [-0.25, -0.2) is 8.42 Å². The summed E-state index contributed by atoms with van der Waals surface area (Å²) in [5.41, 5.74) is 1.26. The van der Waals surface area contributed by atoms with Crippen LogP contribution in [0.2, 0.25) is 0 Å². The predicted molar refractivity (Wildman–Crippen MR) is 69.3 cm³/mol. The van der Waals surface area contributed by atoms with E-state index in [4.69, 9.17) is 10.7 Å². The van der Waals surface area contributed by atoms with Gasteiger partial charge in [0.1, 0.15) is 0 Å². The van der Waals surface area contributed by atoms with Gasteiger partial charge in [0.05, 0.1) is 4.90 Å². The number of fused-ring (bicyclic) bond motifs is 1. The minimum atomic E-state index is -3.81. The zero-order chi connectivity index (χ0) is 13.3. The van der Waals surface area contributed by atoms with E-state index in [-0.39, 0.29) is 10.8 Å². The van der Waals surface area contributed by atoms with Crippen molar-refractivity contribution in [2.24, 2.45) is 0 Å². The minimum Gasteiger partial charge on any atom is -0.335 e. The number of hydrogen-bond acceptors (Lipinski definition) is 3. The van der Waals surface area contributed by atoms with Crippen molar-refractivity contribution in [1.29, 1.82) is 0 Å². The Kier molecular flexibility index (Phi) is 3.45. The van der Waals surface area contributed by atoms with Gasteiger partial charge in [0.2, 0.25) is 0 Å². The van der Waals surface area contributed by atoms with E-state index in [1.807, 2.05) is 0 Å². The lowest BCUT2D eigenvalue weighted by atomic mass is 9.99. The smallest absolute Gasteiger partial charge is 0.261 e. The Balaban J connectivity index is 2.46. The summed E-state index contributed by atoms with van der Waals surface area (Å²) >= 11 is 0. The zero-order valence-electron chi connectivity index (χ0n) is 9.60. The van der Waals surface area contributed by atoms with Crippen molar-refractivity contribution in [3.63, 3.8) is 0 Å². The Morgan fingerprint density at radius 3 is 2.78 bits per heavy atom. The monoisotopic (exact) mass is 285 g/mol. The second-order valence-corrected chi connectivity index (χ2v) is 6.61. The molecule has 0 aromatic heterocycles. The van der Waals surface area contributed by atoms with Crippen LogP contribution in [0.4, 0.5) is 0 Å². The lowest BCUT2D eigenvalue weighted by molar-refractivity contribution is 0.0758. The molecule has 1 amide bonds. The molecule has 0 saturated carbocycles. The molecule has 1 aliphatic rings. The SMILES string of the molecule is C=CCN1CCc2ccc(S(=O)(=O)Cl)cc2C1=O. The molecule has 2 rings (SSSR count). The molecule has 1 heterocycles. The fourth-order valence-electron chi connectivity index (χ4n) is 1.98. The summed E-state index contributed by atoms with van der Waals surface area (Å²) in [5, 5.41) is 0. The van der Waals surface area contributed by atoms with Gasteiger partial charge >= 0.3 is 0 Å². The van der Waals surface area contributed by atoms with Crippen molar-refractivity contribution in [3.8, 4) is 0 Å². The van der Waals surface area contributed by atoms with Crippen LogP contribution in [0.1, 0.15) is 15.9 Å². The van der Waals surface area contributed by atoms with Crippen LogP contribution in [0.3, 0.4) is 0 Å². The van der Waals surface area contributed by atoms with E-state index in [2.05, 4.69) is 6.58 Å². The number of halogens is 1. The molecular formula is C12H12ClNO3S. The third-order valence-electron chi connectivity index (χ3n) is 2.88. The lowest BCUT2D eigenvalue weighted by Crippen LogP contribution is -2.37. The van der Waals surface area contributed by atoms with Gasteiger partial charge in [-0.1, -0.05) is 12.1 Å². The first-order valence-electron chi connectivity index (χ1n) is 5.41. The highest BCUT2D eigenvalue weighted by molar-refractivity contribution is 8.13. The summed E-state index contributed by atoms with van der Waals surface area (Å²) in [7, 11) is 1.47. The third kappa shape index (κ3) is 2.42. The number of benzene rings is 1. The highest BCUT2D eigenvalue weighted by atomic mass is 35.7. The molecule has 96 valence electrons. The Morgan fingerprint density at radius 1 is 1.44 bits per heavy atom. The first-order chi connectivity index (χ1) is 8.43. The van der Waals surface area contributed by atoms with Crippen LogP contribution in [0.25, 0.3) is 0 Å². The quantitative estimate of drug-likeness (QED) is 0.628. The summed E-state index contributed by atoms with van der Waals surface area (Å²) in [4.78, 5) is 13.7. The van der Waals surface area contributed by atoms with Crippen molar-refractivity contribution < 1.29 is 13.2 Å². The van der Waals surface area contributed by atoms with Crippen LogP contribution >= 0.6 is 10.7 Å². The van der Waals surface area contributed by atoms with Crippen molar-refractivity contribution in [3.05, 3.63) is 42.0 Å². The fraction of sp³-hybridized carbons (Fsp3) is 0.250. The maximum absolute atomic E-state index is 12.1. The van der Waals surface area contributed by atoms with Crippen LogP contribution in [-0.4, -0.2) is 32.3 Å². The molecule has 0 radical (unpaired) electrons. The molecule has 0 unspecified atom stereocenters. The minimum absolute atomic E-state index is 0.0447. The van der Waals surface area contributed by atoms with Gasteiger partial charge in [-0.2, -0.15) is 0 Å². The van der Waals surface area contributed by atoms with E-state index in [0.717, 1.165) is 5.56 Å². The predicted octanol–water partition coefficient (Wildman–Crippen LogP) is 1.80. The van der Waals surface area contributed by atoms with E-state index in [9.17, 15) is 13.2 Å². The molecule has 0 N–H and O–H groups in total. The molecule has 18 heavy (non-hydrogen) atoms. The maximum Gasteiger partial charge on any atom is 0.261 e. The highest BCUT2D eigenvalue weighted by Gasteiger charge is 2.25. The molecule has 0 fully saturated rings. The van der Waals surface area contributed by atoms with Crippen molar-refractivity contribution in [2.75, 3.05) is 13.1 Å². The van der Waals surface area contributed by atoms with E-state index >= 15 is 0 Å². The van der Waals surface area contributed by atoms with Gasteiger partial charge in [0.15, 0.2) is 0 Å². The van der Waals surface area contributed by atoms with Gasteiger partial charge in [-0.3, -0.25) is 4.79 Å². The zero-order valence-corrected chi connectivity index (χ0v) is 11.2. The molecule has 0 bridgehead atoms. The summed E-state index contributed by atoms with van der Waals surface area (Å²) < 4.78 is 22.5. The number of carbonyl (C=O) groups is 1. The second-order valence-electron chi connectivity index (χ2n) is 4.05. The lowest BCUT2D eigenvalue weighted by Gasteiger charge is -2.27. The molecule has 1 aromatic rings. The number of carbonyl (C=O) groups excluding carboxylic acids is 1. The van der Waals surface area contributed by atoms with Crippen LogP contribution < -0.4 is 0 Å². The molecule has 0 spiro atoms. The maximum atomic E-state index is 12.1. The van der Waals surface area contributed by atoms with Crippen LogP contribution in [-0.2, 0) is 15.5 Å². The fourth-order valence-corrected chi connectivity index (χ4v) is 2.76. The molecule has 4 nitrogen and oxygen atoms in total. The molecular weight excluding hydrogens is 274 g/mol. The molecule has 6 heteroatoms. The summed E-state index contributed by atoms with van der Waals surface area (Å²) in [6.45, 7) is 4.66. The van der Waals surface area contributed by atoms with Crippen LogP contribution in [0, 0.1) is 0 Å². The summed E-state index contributed by atoms with van der Waals surface area (Å²) in [6, 6.07) is 4.42. The van der Waals surface area contributed by atoms with Crippen LogP contribution in [0.15, 0.2) is 35.7 Å². The van der Waals surface area contributed by atoms with Gasteiger partial charge in [0.25, 0.3) is 15.0 Å². The Bertz CT molecular complexity index is 610. The van der Waals surface area contributed by atoms with Gasteiger partial charge in [-0.05, 0) is 24.1 Å². The third-order valence-corrected chi connectivity index (χ3v) is 4.23. The molecule has 0 aliphatic carbocycles. The van der Waals surface area contributed by atoms with Gasteiger partial charge in [-0.15, -0.1) is 6.58 Å². The van der Waals surface area contributed by atoms with E-state index in [1.54, 1.807) is 17.0 Å². The molecule has 0 saturated heterocycles. The number of rotatable bonds is 3. The van der Waals surface area contributed by atoms with Gasteiger partial charge < -0.3 is 4.90 Å². The normalized spacial score (nSPS) is 15.4. The largest absolute Gasteiger partial charge is 0.335 e.